The normalized spacial score (nSPS) is 12.4. The summed E-state index contributed by atoms with van der Waals surface area (Å²) in [6, 6.07) is 17.0. The van der Waals surface area contributed by atoms with E-state index in [9.17, 15) is 9.59 Å². The molecule has 2 aromatic carbocycles. The molecule has 0 heterocycles. The SMILES string of the molecule is C[C@@H](SCc1ccccc1)C(=O)NN=Cc1ccc(OCC(=O)OC(C)(C)C)cc1. The minimum atomic E-state index is -0.539. The number of amides is 1. The highest BCUT2D eigenvalue weighted by atomic mass is 32.2. The molecule has 1 atom stereocenters. The van der Waals surface area contributed by atoms with Gasteiger partial charge in [-0.25, -0.2) is 10.2 Å². The standard InChI is InChI=1S/C23H28N2O4S/c1-17(30-16-19-8-6-5-7-9-19)22(27)25-24-14-18-10-12-20(13-11-18)28-15-21(26)29-23(2,3)4/h5-14,17H,15-16H2,1-4H3,(H,25,27)/t17-/m1/s1. The molecule has 0 bridgehead atoms. The Bertz CT molecular complexity index is 846. The average molecular weight is 429 g/mol. The molecule has 0 fully saturated rings. The van der Waals surface area contributed by atoms with E-state index in [2.05, 4.69) is 10.5 Å². The molecule has 1 N–H and O–H groups in total. The lowest BCUT2D eigenvalue weighted by Crippen LogP contribution is -2.27. The van der Waals surface area contributed by atoms with E-state index in [1.54, 1.807) is 63.0 Å². The summed E-state index contributed by atoms with van der Waals surface area (Å²) < 4.78 is 10.6. The van der Waals surface area contributed by atoms with Gasteiger partial charge in [0.2, 0.25) is 0 Å². The molecular weight excluding hydrogens is 400 g/mol. The molecule has 160 valence electrons. The number of carbonyl (C=O) groups excluding carboxylic acids is 2. The quantitative estimate of drug-likeness (QED) is 0.368. The Morgan fingerprint density at radius 1 is 1.10 bits per heavy atom. The van der Waals surface area contributed by atoms with Crippen molar-refractivity contribution in [1.29, 1.82) is 0 Å². The average Bonchev–Trinajstić information content (AvgIpc) is 2.71. The molecule has 30 heavy (non-hydrogen) atoms. The van der Waals surface area contributed by atoms with Gasteiger partial charge >= 0.3 is 5.97 Å². The summed E-state index contributed by atoms with van der Waals surface area (Å²) in [5.41, 5.74) is 4.00. The number of nitrogens with zero attached hydrogens (tertiary/aromatic N) is 1. The van der Waals surface area contributed by atoms with Crippen LogP contribution in [-0.2, 0) is 20.1 Å². The van der Waals surface area contributed by atoms with E-state index < -0.39 is 11.6 Å². The zero-order valence-corrected chi connectivity index (χ0v) is 18.6. The number of ether oxygens (including phenoxy) is 2. The molecule has 0 spiro atoms. The molecule has 6 nitrogen and oxygen atoms in total. The second-order valence-corrected chi connectivity index (χ2v) is 8.95. The Kier molecular flexibility index (Phi) is 8.92. The van der Waals surface area contributed by atoms with Gasteiger partial charge in [-0.15, -0.1) is 11.8 Å². The van der Waals surface area contributed by atoms with E-state index >= 15 is 0 Å². The minimum Gasteiger partial charge on any atom is -0.482 e. The van der Waals surface area contributed by atoms with Crippen LogP contribution in [0.5, 0.6) is 5.75 Å². The largest absolute Gasteiger partial charge is 0.482 e. The predicted molar refractivity (Wildman–Crippen MR) is 121 cm³/mol. The number of thioether (sulfide) groups is 1. The molecule has 1 amide bonds. The lowest BCUT2D eigenvalue weighted by molar-refractivity contribution is -0.157. The van der Waals surface area contributed by atoms with Gasteiger partial charge < -0.3 is 9.47 Å². The molecule has 0 unspecified atom stereocenters. The summed E-state index contributed by atoms with van der Waals surface area (Å²) in [5.74, 6) is 0.747. The van der Waals surface area contributed by atoms with Crippen LogP contribution in [0.25, 0.3) is 0 Å². The molecule has 0 aromatic heterocycles. The maximum atomic E-state index is 12.1. The minimum absolute atomic E-state index is 0.149. The number of carbonyl (C=O) groups is 2. The molecule has 0 saturated heterocycles. The summed E-state index contributed by atoms with van der Waals surface area (Å²) in [7, 11) is 0. The molecule has 0 radical (unpaired) electrons. The maximum absolute atomic E-state index is 12.1. The molecular formula is C23H28N2O4S. The third-order valence-corrected chi connectivity index (χ3v) is 4.97. The number of rotatable bonds is 9. The van der Waals surface area contributed by atoms with E-state index in [1.807, 2.05) is 37.3 Å². The smallest absolute Gasteiger partial charge is 0.344 e. The number of nitrogens with one attached hydrogen (secondary N) is 1. The van der Waals surface area contributed by atoms with Gasteiger partial charge in [0.25, 0.3) is 5.91 Å². The Morgan fingerprint density at radius 3 is 2.40 bits per heavy atom. The number of benzene rings is 2. The number of hydrazone groups is 1. The number of hydrogen-bond donors (Lipinski definition) is 1. The van der Waals surface area contributed by atoms with Crippen LogP contribution in [0.3, 0.4) is 0 Å². The van der Waals surface area contributed by atoms with Gasteiger partial charge in [-0.05, 0) is 63.1 Å². The van der Waals surface area contributed by atoms with Crippen molar-refractivity contribution in [1.82, 2.24) is 5.43 Å². The second-order valence-electron chi connectivity index (χ2n) is 7.62. The van der Waals surface area contributed by atoms with Crippen LogP contribution < -0.4 is 10.2 Å². The van der Waals surface area contributed by atoms with Gasteiger partial charge in [0.05, 0.1) is 11.5 Å². The molecule has 2 rings (SSSR count). The number of esters is 1. The third kappa shape index (κ3) is 9.13. The fourth-order valence-electron chi connectivity index (χ4n) is 2.30. The van der Waals surface area contributed by atoms with Crippen molar-refractivity contribution in [2.75, 3.05) is 6.61 Å². The molecule has 7 heteroatoms. The fourth-order valence-corrected chi connectivity index (χ4v) is 3.13. The lowest BCUT2D eigenvalue weighted by Gasteiger charge is -2.19. The van der Waals surface area contributed by atoms with Crippen LogP contribution in [0.2, 0.25) is 0 Å². The Hall–Kier alpha value is -2.80. The zero-order chi connectivity index (χ0) is 22.0. The van der Waals surface area contributed by atoms with Crippen LogP contribution in [0.15, 0.2) is 59.7 Å². The first-order valence-electron chi connectivity index (χ1n) is 9.66. The Morgan fingerprint density at radius 2 is 1.77 bits per heavy atom. The van der Waals surface area contributed by atoms with Crippen molar-refractivity contribution in [3.63, 3.8) is 0 Å². The van der Waals surface area contributed by atoms with Crippen molar-refractivity contribution >= 4 is 29.9 Å². The van der Waals surface area contributed by atoms with E-state index in [0.29, 0.717) is 5.75 Å². The van der Waals surface area contributed by atoms with E-state index in [0.717, 1.165) is 11.3 Å². The third-order valence-electron chi connectivity index (χ3n) is 3.76. The van der Waals surface area contributed by atoms with Crippen molar-refractivity contribution < 1.29 is 19.1 Å². The highest BCUT2D eigenvalue weighted by Crippen LogP contribution is 2.17. The van der Waals surface area contributed by atoms with Crippen LogP contribution in [-0.4, -0.2) is 35.5 Å². The lowest BCUT2D eigenvalue weighted by atomic mass is 10.2. The molecule has 0 saturated carbocycles. The summed E-state index contributed by atoms with van der Waals surface area (Å²) in [5, 5.41) is 3.79. The first-order valence-corrected chi connectivity index (χ1v) is 10.7. The van der Waals surface area contributed by atoms with Crippen LogP contribution in [0.1, 0.15) is 38.8 Å². The molecule has 0 aliphatic rings. The highest BCUT2D eigenvalue weighted by molar-refractivity contribution is 7.99. The van der Waals surface area contributed by atoms with Crippen molar-refractivity contribution in [2.45, 2.75) is 44.3 Å². The topological polar surface area (TPSA) is 77.0 Å². The monoisotopic (exact) mass is 428 g/mol. The maximum Gasteiger partial charge on any atom is 0.344 e. The fraction of sp³-hybridized carbons (Fsp3) is 0.348. The van der Waals surface area contributed by atoms with Gasteiger partial charge in [0.1, 0.15) is 11.4 Å². The highest BCUT2D eigenvalue weighted by Gasteiger charge is 2.16. The Labute approximate surface area is 182 Å². The first kappa shape index (κ1) is 23.5. The van der Waals surface area contributed by atoms with Gasteiger partial charge in [0, 0.05) is 5.75 Å². The number of hydrogen-bond acceptors (Lipinski definition) is 6. The summed E-state index contributed by atoms with van der Waals surface area (Å²) in [6.45, 7) is 7.12. The van der Waals surface area contributed by atoms with Gasteiger partial charge in [-0.3, -0.25) is 4.79 Å². The summed E-state index contributed by atoms with van der Waals surface area (Å²) >= 11 is 1.56. The van der Waals surface area contributed by atoms with Crippen molar-refractivity contribution in [3.05, 3.63) is 65.7 Å². The van der Waals surface area contributed by atoms with Crippen LogP contribution in [0.4, 0.5) is 0 Å². The molecule has 0 aliphatic carbocycles. The van der Waals surface area contributed by atoms with E-state index in [-0.39, 0.29) is 17.8 Å². The first-order chi connectivity index (χ1) is 14.2. The molecule has 2 aromatic rings. The summed E-state index contributed by atoms with van der Waals surface area (Å²) in [6.07, 6.45) is 1.56. The van der Waals surface area contributed by atoms with Crippen molar-refractivity contribution in [3.8, 4) is 5.75 Å². The van der Waals surface area contributed by atoms with Gasteiger partial charge in [0.15, 0.2) is 6.61 Å². The Balaban J connectivity index is 1.74. The predicted octanol–water partition coefficient (Wildman–Crippen LogP) is 4.18. The van der Waals surface area contributed by atoms with E-state index in [4.69, 9.17) is 9.47 Å². The van der Waals surface area contributed by atoms with Crippen molar-refractivity contribution in [2.24, 2.45) is 5.10 Å². The van der Waals surface area contributed by atoms with Crippen LogP contribution >= 0.6 is 11.8 Å². The van der Waals surface area contributed by atoms with Crippen LogP contribution in [0, 0.1) is 0 Å². The molecule has 0 aliphatic heterocycles. The zero-order valence-electron chi connectivity index (χ0n) is 17.8. The van der Waals surface area contributed by atoms with Gasteiger partial charge in [-0.2, -0.15) is 5.10 Å². The van der Waals surface area contributed by atoms with E-state index in [1.165, 1.54) is 5.56 Å². The summed E-state index contributed by atoms with van der Waals surface area (Å²) in [4.78, 5) is 23.8. The van der Waals surface area contributed by atoms with Gasteiger partial charge in [-0.1, -0.05) is 30.3 Å². The second kappa shape index (κ2) is 11.4.